The van der Waals surface area contributed by atoms with Crippen molar-refractivity contribution >= 4 is 12.1 Å². The van der Waals surface area contributed by atoms with Gasteiger partial charge in [-0.25, -0.2) is 4.79 Å². The highest BCUT2D eigenvalue weighted by atomic mass is 16.3. The molecule has 1 aliphatic heterocycles. The van der Waals surface area contributed by atoms with Crippen LogP contribution in [0.2, 0.25) is 0 Å². The predicted molar refractivity (Wildman–Crippen MR) is 119 cm³/mol. The summed E-state index contributed by atoms with van der Waals surface area (Å²) in [7, 11) is 0. The first kappa shape index (κ1) is 21.8. The summed E-state index contributed by atoms with van der Waals surface area (Å²) < 4.78 is 0. The van der Waals surface area contributed by atoms with Crippen LogP contribution >= 0.6 is 0 Å². The quantitative estimate of drug-likeness (QED) is 0.624. The first-order valence-electron chi connectivity index (χ1n) is 11.2. The van der Waals surface area contributed by atoms with E-state index in [1.165, 1.54) is 36.8 Å². The molecule has 3 N–H and O–H groups in total. The topological polar surface area (TPSA) is 64.6 Å². The van der Waals surface area contributed by atoms with Crippen LogP contribution in [-0.2, 0) is 0 Å². The number of hydrogen-bond donors (Lipinski definition) is 3. The fraction of sp³-hybridized carbons (Fsp3) is 0.625. The van der Waals surface area contributed by atoms with Gasteiger partial charge in [-0.05, 0) is 50.7 Å². The van der Waals surface area contributed by atoms with Crippen LogP contribution in [0.1, 0.15) is 63.5 Å². The fourth-order valence-electron chi connectivity index (χ4n) is 5.01. The number of urea groups is 1. The zero-order valence-electron chi connectivity index (χ0n) is 18.1. The number of aliphatic hydroxyl groups excluding tert-OH is 1. The number of likely N-dealkylation sites (tertiary alicyclic amines) is 1. The lowest BCUT2D eigenvalue weighted by Crippen LogP contribution is -2.67. The van der Waals surface area contributed by atoms with Crippen molar-refractivity contribution in [2.45, 2.75) is 70.5 Å². The summed E-state index contributed by atoms with van der Waals surface area (Å²) in [4.78, 5) is 14.6. The molecule has 1 saturated carbocycles. The summed E-state index contributed by atoms with van der Waals surface area (Å²) in [5.74, 6) is 0.953. The lowest BCUT2D eigenvalue weighted by molar-refractivity contribution is -0.0503. The molecule has 5 heteroatoms. The Labute approximate surface area is 175 Å². The van der Waals surface area contributed by atoms with Crippen molar-refractivity contribution in [2.75, 3.05) is 19.7 Å². The number of hydrogen-bond acceptors (Lipinski definition) is 3. The van der Waals surface area contributed by atoms with Gasteiger partial charge in [-0.2, -0.15) is 0 Å². The second-order valence-corrected chi connectivity index (χ2v) is 8.87. The summed E-state index contributed by atoms with van der Waals surface area (Å²) in [5.41, 5.74) is 2.43. The van der Waals surface area contributed by atoms with Gasteiger partial charge in [0.1, 0.15) is 0 Å². The number of allylic oxidation sites excluding steroid dienone is 1. The Kier molecular flexibility index (Phi) is 7.73. The Bertz CT molecular complexity index is 680. The molecule has 1 aliphatic carbocycles. The van der Waals surface area contributed by atoms with E-state index in [9.17, 15) is 9.90 Å². The zero-order chi connectivity index (χ0) is 20.8. The third-order valence-corrected chi connectivity index (χ3v) is 6.38. The van der Waals surface area contributed by atoms with Gasteiger partial charge in [-0.1, -0.05) is 49.3 Å². The summed E-state index contributed by atoms with van der Waals surface area (Å²) in [6.07, 6.45) is 9.33. The monoisotopic (exact) mass is 399 g/mol. The van der Waals surface area contributed by atoms with Crippen LogP contribution in [0.3, 0.4) is 0 Å². The molecule has 1 aromatic carbocycles. The Morgan fingerprint density at radius 3 is 2.48 bits per heavy atom. The minimum absolute atomic E-state index is 0.115. The molecular weight excluding hydrogens is 362 g/mol. The van der Waals surface area contributed by atoms with E-state index in [1.54, 1.807) is 0 Å². The molecule has 3 atom stereocenters. The highest BCUT2D eigenvalue weighted by Gasteiger charge is 2.49. The van der Waals surface area contributed by atoms with Crippen molar-refractivity contribution in [2.24, 2.45) is 5.92 Å². The maximum atomic E-state index is 12.2. The number of carbonyl (C=O) groups excluding carboxylic acids is 1. The van der Waals surface area contributed by atoms with Crippen LogP contribution in [0, 0.1) is 5.92 Å². The SMILES string of the molecule is CC=Cc1ccc([C@H]2[C@@H](CO)N(CC3CCCC3)[C@@H]2CNC(=O)NC(C)C)cc1. The Hall–Kier alpha value is -1.85. The molecule has 160 valence electrons. The van der Waals surface area contributed by atoms with Crippen LogP contribution in [0.15, 0.2) is 30.3 Å². The number of nitrogens with one attached hydrogen (secondary N) is 2. The van der Waals surface area contributed by atoms with Crippen LogP contribution in [0.4, 0.5) is 4.79 Å². The van der Waals surface area contributed by atoms with Crippen molar-refractivity contribution in [1.82, 2.24) is 15.5 Å². The van der Waals surface area contributed by atoms with Crippen molar-refractivity contribution < 1.29 is 9.90 Å². The Morgan fingerprint density at radius 2 is 1.90 bits per heavy atom. The van der Waals surface area contributed by atoms with Crippen molar-refractivity contribution in [1.29, 1.82) is 0 Å². The molecular formula is C24H37N3O2. The van der Waals surface area contributed by atoms with Crippen molar-refractivity contribution in [3.05, 3.63) is 41.5 Å². The minimum Gasteiger partial charge on any atom is -0.395 e. The lowest BCUT2D eigenvalue weighted by Gasteiger charge is -2.56. The van der Waals surface area contributed by atoms with Gasteiger partial charge in [-0.3, -0.25) is 4.90 Å². The van der Waals surface area contributed by atoms with Gasteiger partial charge in [0.15, 0.2) is 0 Å². The molecule has 0 aromatic heterocycles. The van der Waals surface area contributed by atoms with Gasteiger partial charge in [-0.15, -0.1) is 0 Å². The van der Waals surface area contributed by atoms with Gasteiger partial charge in [0.05, 0.1) is 6.61 Å². The van der Waals surface area contributed by atoms with E-state index < -0.39 is 0 Å². The second kappa shape index (κ2) is 10.3. The number of amides is 2. The van der Waals surface area contributed by atoms with E-state index in [-0.39, 0.29) is 36.7 Å². The normalized spacial score (nSPS) is 25.5. The number of nitrogens with zero attached hydrogens (tertiary/aromatic N) is 1. The smallest absolute Gasteiger partial charge is 0.315 e. The first-order chi connectivity index (χ1) is 14.0. The molecule has 29 heavy (non-hydrogen) atoms. The predicted octanol–water partition coefficient (Wildman–Crippen LogP) is 3.75. The molecule has 1 heterocycles. The maximum Gasteiger partial charge on any atom is 0.315 e. The standard InChI is InChI=1S/C24H37N3O2/c1-4-7-18-10-12-20(13-11-18)23-21(14-25-24(29)26-17(2)3)27(22(23)16-28)15-19-8-5-6-9-19/h4,7,10-13,17,19,21-23,28H,5-6,8-9,14-16H2,1-3H3,(H2,25,26,29)/t21-,22-,23-/m1/s1. The van der Waals surface area contributed by atoms with Crippen molar-refractivity contribution in [3.63, 3.8) is 0 Å². The van der Waals surface area contributed by atoms with Crippen molar-refractivity contribution in [3.8, 4) is 0 Å². The molecule has 0 unspecified atom stereocenters. The summed E-state index contributed by atoms with van der Waals surface area (Å²) in [6.45, 7) is 7.73. The molecule has 0 spiro atoms. The number of rotatable bonds is 8. The van der Waals surface area contributed by atoms with Crippen LogP contribution < -0.4 is 10.6 Å². The fourth-order valence-corrected chi connectivity index (χ4v) is 5.01. The lowest BCUT2D eigenvalue weighted by atomic mass is 9.74. The van der Waals surface area contributed by atoms with E-state index >= 15 is 0 Å². The molecule has 3 rings (SSSR count). The summed E-state index contributed by atoms with van der Waals surface area (Å²) in [6, 6.07) is 8.98. The third kappa shape index (κ3) is 5.40. The second-order valence-electron chi connectivity index (χ2n) is 8.87. The molecule has 2 aliphatic rings. The molecule has 0 radical (unpaired) electrons. The molecule has 5 nitrogen and oxygen atoms in total. The maximum absolute atomic E-state index is 12.2. The molecule has 2 fully saturated rings. The third-order valence-electron chi connectivity index (χ3n) is 6.38. The molecule has 1 aromatic rings. The van der Waals surface area contributed by atoms with Gasteiger partial charge in [0.2, 0.25) is 0 Å². The highest BCUT2D eigenvalue weighted by Crippen LogP contribution is 2.42. The minimum atomic E-state index is -0.115. The molecule has 2 amide bonds. The van der Waals surface area contributed by atoms with E-state index in [1.807, 2.05) is 26.8 Å². The molecule has 0 bridgehead atoms. The van der Waals surface area contributed by atoms with Gasteiger partial charge in [0, 0.05) is 37.1 Å². The highest BCUT2D eigenvalue weighted by molar-refractivity contribution is 5.74. The largest absolute Gasteiger partial charge is 0.395 e. The zero-order valence-corrected chi connectivity index (χ0v) is 18.1. The average molecular weight is 400 g/mol. The van der Waals surface area contributed by atoms with Crippen LogP contribution in [0.5, 0.6) is 0 Å². The number of carbonyl (C=O) groups is 1. The van der Waals surface area contributed by atoms with Gasteiger partial charge < -0.3 is 15.7 Å². The van der Waals surface area contributed by atoms with E-state index in [0.717, 1.165) is 6.54 Å². The Morgan fingerprint density at radius 1 is 1.21 bits per heavy atom. The first-order valence-corrected chi connectivity index (χ1v) is 11.2. The van der Waals surface area contributed by atoms with Crippen LogP contribution in [-0.4, -0.2) is 53.9 Å². The average Bonchev–Trinajstić information content (AvgIpc) is 3.19. The Balaban J connectivity index is 1.74. The number of aliphatic hydroxyl groups is 1. The number of benzene rings is 1. The van der Waals surface area contributed by atoms with E-state index in [0.29, 0.717) is 12.5 Å². The summed E-state index contributed by atoms with van der Waals surface area (Å²) in [5, 5.41) is 16.1. The van der Waals surface area contributed by atoms with E-state index in [4.69, 9.17) is 0 Å². The van der Waals surface area contributed by atoms with Crippen LogP contribution in [0.25, 0.3) is 6.08 Å². The van der Waals surface area contributed by atoms with Gasteiger partial charge in [0.25, 0.3) is 0 Å². The molecule has 1 saturated heterocycles. The summed E-state index contributed by atoms with van der Waals surface area (Å²) >= 11 is 0. The van der Waals surface area contributed by atoms with E-state index in [2.05, 4.69) is 45.9 Å². The van der Waals surface area contributed by atoms with Gasteiger partial charge >= 0.3 is 6.03 Å².